The third kappa shape index (κ3) is 5.45. The highest BCUT2D eigenvalue weighted by atomic mass is 32.2. The second kappa shape index (κ2) is 9.19. The Morgan fingerprint density at radius 1 is 1.12 bits per heavy atom. The zero-order chi connectivity index (χ0) is 19.1. The number of rotatable bonds is 7. The van der Waals surface area contributed by atoms with Crippen molar-refractivity contribution in [2.24, 2.45) is 5.10 Å². The van der Waals surface area contributed by atoms with Crippen molar-refractivity contribution in [1.29, 1.82) is 0 Å². The molecule has 1 amide bonds. The predicted molar refractivity (Wildman–Crippen MR) is 102 cm³/mol. The van der Waals surface area contributed by atoms with Gasteiger partial charge in [-0.25, -0.2) is 15.4 Å². The maximum absolute atomic E-state index is 11.9. The van der Waals surface area contributed by atoms with Gasteiger partial charge in [-0.3, -0.25) is 4.79 Å². The molecule has 0 fully saturated rings. The lowest BCUT2D eigenvalue weighted by Gasteiger charge is -2.10. The standard InChI is InChI=1S/C18H22N4O3S/c1-11-6-15(24-4)16(25-5)8-14(11)9-19-22-17(23)10-26-18-20-12(2)7-13(3)21-18/h6-9H,10H2,1-5H3,(H,22,23)/b19-9-. The summed E-state index contributed by atoms with van der Waals surface area (Å²) in [6.45, 7) is 5.72. The molecule has 0 bridgehead atoms. The van der Waals surface area contributed by atoms with Crippen molar-refractivity contribution in [2.75, 3.05) is 20.0 Å². The van der Waals surface area contributed by atoms with Crippen LogP contribution in [0.4, 0.5) is 0 Å². The summed E-state index contributed by atoms with van der Waals surface area (Å²) < 4.78 is 10.5. The molecular formula is C18H22N4O3S. The summed E-state index contributed by atoms with van der Waals surface area (Å²) in [5, 5.41) is 4.59. The minimum absolute atomic E-state index is 0.186. The van der Waals surface area contributed by atoms with Crippen molar-refractivity contribution in [3.63, 3.8) is 0 Å². The number of thioether (sulfide) groups is 1. The first-order valence-electron chi connectivity index (χ1n) is 7.92. The van der Waals surface area contributed by atoms with Crippen LogP contribution in [-0.4, -0.2) is 42.1 Å². The van der Waals surface area contributed by atoms with Crippen LogP contribution in [0.25, 0.3) is 0 Å². The van der Waals surface area contributed by atoms with Crippen molar-refractivity contribution in [3.8, 4) is 11.5 Å². The normalized spacial score (nSPS) is 10.8. The number of methoxy groups -OCH3 is 2. The smallest absolute Gasteiger partial charge is 0.250 e. The topological polar surface area (TPSA) is 85.7 Å². The van der Waals surface area contributed by atoms with E-state index in [2.05, 4.69) is 20.5 Å². The summed E-state index contributed by atoms with van der Waals surface area (Å²) in [7, 11) is 3.16. The molecule has 0 saturated carbocycles. The second-order valence-electron chi connectivity index (χ2n) is 5.58. The fourth-order valence-corrected chi connectivity index (χ4v) is 2.97. The molecule has 8 heteroatoms. The number of carbonyl (C=O) groups is 1. The number of benzene rings is 1. The highest BCUT2D eigenvalue weighted by Gasteiger charge is 2.08. The Morgan fingerprint density at radius 2 is 1.73 bits per heavy atom. The summed E-state index contributed by atoms with van der Waals surface area (Å²) in [4.78, 5) is 20.5. The molecule has 7 nitrogen and oxygen atoms in total. The molecule has 26 heavy (non-hydrogen) atoms. The van der Waals surface area contributed by atoms with Crippen LogP contribution in [-0.2, 0) is 4.79 Å². The van der Waals surface area contributed by atoms with Gasteiger partial charge in [-0.05, 0) is 44.5 Å². The summed E-state index contributed by atoms with van der Waals surface area (Å²) in [5.41, 5.74) is 6.04. The number of ether oxygens (including phenoxy) is 2. The van der Waals surface area contributed by atoms with Gasteiger partial charge >= 0.3 is 0 Å². The highest BCUT2D eigenvalue weighted by molar-refractivity contribution is 7.99. The molecule has 0 aliphatic carbocycles. The van der Waals surface area contributed by atoms with E-state index in [4.69, 9.17) is 9.47 Å². The van der Waals surface area contributed by atoms with Gasteiger partial charge < -0.3 is 9.47 Å². The monoisotopic (exact) mass is 374 g/mol. The summed E-state index contributed by atoms with van der Waals surface area (Å²) >= 11 is 1.27. The Bertz CT molecular complexity index is 804. The fraction of sp³-hybridized carbons (Fsp3) is 0.333. The van der Waals surface area contributed by atoms with Crippen LogP contribution in [0.15, 0.2) is 28.5 Å². The van der Waals surface area contributed by atoms with E-state index in [9.17, 15) is 4.79 Å². The van der Waals surface area contributed by atoms with E-state index in [1.807, 2.05) is 39.0 Å². The molecular weight excluding hydrogens is 352 g/mol. The molecule has 0 atom stereocenters. The van der Waals surface area contributed by atoms with Crippen LogP contribution in [0.3, 0.4) is 0 Å². The minimum atomic E-state index is -0.230. The zero-order valence-electron chi connectivity index (χ0n) is 15.5. The Labute approximate surface area is 157 Å². The number of hydrogen-bond donors (Lipinski definition) is 1. The molecule has 0 saturated heterocycles. The average molecular weight is 374 g/mol. The molecule has 1 aromatic heterocycles. The van der Waals surface area contributed by atoms with Gasteiger partial charge in [0.15, 0.2) is 16.7 Å². The number of aromatic nitrogens is 2. The molecule has 0 unspecified atom stereocenters. The van der Waals surface area contributed by atoms with Gasteiger partial charge in [-0.2, -0.15) is 5.10 Å². The van der Waals surface area contributed by atoms with Crippen molar-refractivity contribution in [2.45, 2.75) is 25.9 Å². The van der Waals surface area contributed by atoms with Gasteiger partial charge in [-0.1, -0.05) is 11.8 Å². The average Bonchev–Trinajstić information content (AvgIpc) is 2.60. The number of aryl methyl sites for hydroxylation is 3. The number of carbonyl (C=O) groups excluding carboxylic acids is 1. The lowest BCUT2D eigenvalue weighted by Crippen LogP contribution is -2.20. The summed E-state index contributed by atoms with van der Waals surface area (Å²) in [5.74, 6) is 1.21. The van der Waals surface area contributed by atoms with Gasteiger partial charge in [0.1, 0.15) is 0 Å². The number of nitrogens with one attached hydrogen (secondary N) is 1. The Kier molecular flexibility index (Phi) is 6.97. The van der Waals surface area contributed by atoms with Crippen molar-refractivity contribution in [3.05, 3.63) is 40.7 Å². The first-order valence-corrected chi connectivity index (χ1v) is 8.91. The van der Waals surface area contributed by atoms with Crippen LogP contribution in [0, 0.1) is 20.8 Å². The number of amides is 1. The van der Waals surface area contributed by atoms with E-state index in [0.29, 0.717) is 16.7 Å². The summed E-state index contributed by atoms with van der Waals surface area (Å²) in [6, 6.07) is 5.55. The van der Waals surface area contributed by atoms with Crippen LogP contribution < -0.4 is 14.9 Å². The largest absolute Gasteiger partial charge is 0.493 e. The second-order valence-corrected chi connectivity index (χ2v) is 6.52. The lowest BCUT2D eigenvalue weighted by atomic mass is 10.1. The first-order chi connectivity index (χ1) is 12.4. The van der Waals surface area contributed by atoms with Gasteiger partial charge in [0.05, 0.1) is 26.2 Å². The third-order valence-corrected chi connectivity index (χ3v) is 4.31. The predicted octanol–water partition coefficient (Wildman–Crippen LogP) is 2.66. The van der Waals surface area contributed by atoms with E-state index < -0.39 is 0 Å². The maximum Gasteiger partial charge on any atom is 0.250 e. The molecule has 1 heterocycles. The molecule has 2 rings (SSSR count). The van der Waals surface area contributed by atoms with Crippen molar-refractivity contribution >= 4 is 23.9 Å². The van der Waals surface area contributed by atoms with Crippen LogP contribution >= 0.6 is 11.8 Å². The molecule has 1 aromatic carbocycles. The first kappa shape index (κ1) is 19.7. The molecule has 0 aliphatic heterocycles. The maximum atomic E-state index is 11.9. The molecule has 0 aliphatic rings. The molecule has 1 N–H and O–H groups in total. The van der Waals surface area contributed by atoms with Crippen LogP contribution in [0.1, 0.15) is 22.5 Å². The van der Waals surface area contributed by atoms with Crippen LogP contribution in [0.2, 0.25) is 0 Å². The molecule has 0 radical (unpaired) electrons. The Morgan fingerprint density at radius 3 is 2.35 bits per heavy atom. The van der Waals surface area contributed by atoms with E-state index >= 15 is 0 Å². The number of nitrogens with zero attached hydrogens (tertiary/aromatic N) is 3. The van der Waals surface area contributed by atoms with Crippen molar-refractivity contribution < 1.29 is 14.3 Å². The van der Waals surface area contributed by atoms with E-state index in [1.54, 1.807) is 20.4 Å². The highest BCUT2D eigenvalue weighted by Crippen LogP contribution is 2.29. The minimum Gasteiger partial charge on any atom is -0.493 e. The van der Waals surface area contributed by atoms with E-state index in [-0.39, 0.29) is 11.7 Å². The van der Waals surface area contributed by atoms with Crippen molar-refractivity contribution in [1.82, 2.24) is 15.4 Å². The van der Waals surface area contributed by atoms with Crippen LogP contribution in [0.5, 0.6) is 11.5 Å². The van der Waals surface area contributed by atoms with E-state index in [1.165, 1.54) is 11.8 Å². The van der Waals surface area contributed by atoms with Gasteiger partial charge in [0, 0.05) is 17.0 Å². The number of hydrazone groups is 1. The van der Waals surface area contributed by atoms with E-state index in [0.717, 1.165) is 22.5 Å². The lowest BCUT2D eigenvalue weighted by molar-refractivity contribution is -0.118. The molecule has 0 spiro atoms. The quantitative estimate of drug-likeness (QED) is 0.347. The Hall–Kier alpha value is -2.61. The molecule has 2 aromatic rings. The van der Waals surface area contributed by atoms with Gasteiger partial charge in [0.2, 0.25) is 0 Å². The van der Waals surface area contributed by atoms with Gasteiger partial charge in [0.25, 0.3) is 5.91 Å². The zero-order valence-corrected chi connectivity index (χ0v) is 16.3. The SMILES string of the molecule is COc1cc(C)c(/C=N\NC(=O)CSc2nc(C)cc(C)n2)cc1OC. The van der Waals surface area contributed by atoms with Gasteiger partial charge in [-0.15, -0.1) is 0 Å². The summed E-state index contributed by atoms with van der Waals surface area (Å²) in [6.07, 6.45) is 1.58. The fourth-order valence-electron chi connectivity index (χ4n) is 2.23. The third-order valence-electron chi connectivity index (χ3n) is 3.46. The Balaban J connectivity index is 1.94. The number of hydrogen-bond acceptors (Lipinski definition) is 7. The molecule has 138 valence electrons.